The quantitative estimate of drug-likeness (QED) is 0.619. The second-order valence-corrected chi connectivity index (χ2v) is 8.30. The van der Waals surface area contributed by atoms with Gasteiger partial charge < -0.3 is 25.2 Å². The zero-order chi connectivity index (χ0) is 19.3. The van der Waals surface area contributed by atoms with E-state index in [1.165, 1.54) is 6.92 Å². The SMILES string of the molecule is CCCCCc1cc(O)c2c(c1)OC(C)(C)C1=C2[C@@H](O)C(C)(O)C(O)C1. The highest BCUT2D eigenvalue weighted by Gasteiger charge is 2.51. The normalized spacial score (nSPS) is 29.8. The molecule has 1 aliphatic carbocycles. The first kappa shape index (κ1) is 19.2. The van der Waals surface area contributed by atoms with Crippen molar-refractivity contribution in [2.24, 2.45) is 0 Å². The number of fused-ring (bicyclic) bond motifs is 2. The van der Waals surface area contributed by atoms with Gasteiger partial charge in [0, 0.05) is 12.0 Å². The van der Waals surface area contributed by atoms with Crippen molar-refractivity contribution >= 4 is 5.57 Å². The molecule has 5 heteroatoms. The number of aliphatic hydroxyl groups excluding tert-OH is 2. The summed E-state index contributed by atoms with van der Waals surface area (Å²) in [6.07, 6.45) is 1.91. The molecule has 26 heavy (non-hydrogen) atoms. The highest BCUT2D eigenvalue weighted by Crippen LogP contribution is 2.52. The summed E-state index contributed by atoms with van der Waals surface area (Å²) < 4.78 is 6.16. The van der Waals surface area contributed by atoms with Crippen LogP contribution < -0.4 is 4.74 Å². The van der Waals surface area contributed by atoms with Crippen molar-refractivity contribution in [2.75, 3.05) is 0 Å². The molecule has 3 atom stereocenters. The Hall–Kier alpha value is -1.56. The number of rotatable bonds is 4. The zero-order valence-corrected chi connectivity index (χ0v) is 16.0. The molecule has 0 bridgehead atoms. The second kappa shape index (κ2) is 6.55. The van der Waals surface area contributed by atoms with Crippen molar-refractivity contribution in [3.05, 3.63) is 28.8 Å². The van der Waals surface area contributed by atoms with Crippen LogP contribution in [0.15, 0.2) is 17.7 Å². The number of aliphatic hydroxyl groups is 3. The molecular weight excluding hydrogens is 332 g/mol. The number of aryl methyl sites for hydroxylation is 1. The lowest BCUT2D eigenvalue weighted by Crippen LogP contribution is -2.56. The molecule has 0 aromatic heterocycles. The number of hydrogen-bond acceptors (Lipinski definition) is 5. The summed E-state index contributed by atoms with van der Waals surface area (Å²) in [5, 5.41) is 42.4. The van der Waals surface area contributed by atoms with E-state index in [1.807, 2.05) is 19.9 Å². The lowest BCUT2D eigenvalue weighted by Gasteiger charge is -2.47. The maximum absolute atomic E-state index is 10.8. The van der Waals surface area contributed by atoms with Gasteiger partial charge in [0.15, 0.2) is 0 Å². The largest absolute Gasteiger partial charge is 0.507 e. The monoisotopic (exact) mass is 362 g/mol. The van der Waals surface area contributed by atoms with Crippen LogP contribution in [-0.4, -0.2) is 43.8 Å². The average molecular weight is 362 g/mol. The molecule has 0 saturated carbocycles. The molecule has 3 rings (SSSR count). The van der Waals surface area contributed by atoms with Crippen LogP contribution in [0.25, 0.3) is 5.57 Å². The fourth-order valence-electron chi connectivity index (χ4n) is 4.07. The van der Waals surface area contributed by atoms with E-state index in [4.69, 9.17) is 4.74 Å². The molecule has 0 amide bonds. The zero-order valence-electron chi connectivity index (χ0n) is 16.0. The van der Waals surface area contributed by atoms with E-state index in [0.29, 0.717) is 22.5 Å². The van der Waals surface area contributed by atoms with E-state index in [1.54, 1.807) is 6.07 Å². The van der Waals surface area contributed by atoms with Crippen LogP contribution in [0.4, 0.5) is 0 Å². The topological polar surface area (TPSA) is 90.2 Å². The van der Waals surface area contributed by atoms with Crippen LogP contribution in [0.5, 0.6) is 11.5 Å². The van der Waals surface area contributed by atoms with Crippen LogP contribution in [0.2, 0.25) is 0 Å². The summed E-state index contributed by atoms with van der Waals surface area (Å²) >= 11 is 0. The number of benzene rings is 1. The van der Waals surface area contributed by atoms with Gasteiger partial charge in [0.1, 0.15) is 28.8 Å². The summed E-state index contributed by atoms with van der Waals surface area (Å²) in [7, 11) is 0. The predicted molar refractivity (Wildman–Crippen MR) is 100 cm³/mol. The average Bonchev–Trinajstić information content (AvgIpc) is 2.53. The Morgan fingerprint density at radius 3 is 2.50 bits per heavy atom. The van der Waals surface area contributed by atoms with Gasteiger partial charge in [-0.25, -0.2) is 0 Å². The van der Waals surface area contributed by atoms with Crippen LogP contribution >= 0.6 is 0 Å². The van der Waals surface area contributed by atoms with Crippen LogP contribution in [-0.2, 0) is 6.42 Å². The number of hydrogen-bond donors (Lipinski definition) is 4. The van der Waals surface area contributed by atoms with Crippen molar-refractivity contribution in [1.82, 2.24) is 0 Å². The van der Waals surface area contributed by atoms with Gasteiger partial charge in [-0.15, -0.1) is 0 Å². The van der Waals surface area contributed by atoms with Crippen molar-refractivity contribution < 1.29 is 25.2 Å². The van der Waals surface area contributed by atoms with Gasteiger partial charge >= 0.3 is 0 Å². The summed E-state index contributed by atoms with van der Waals surface area (Å²) in [5.74, 6) is 0.565. The molecular formula is C21H30O5. The molecule has 2 unspecified atom stereocenters. The minimum Gasteiger partial charge on any atom is -0.507 e. The lowest BCUT2D eigenvalue weighted by atomic mass is 9.69. The molecule has 1 aliphatic heterocycles. The van der Waals surface area contributed by atoms with Crippen LogP contribution in [0, 0.1) is 0 Å². The Morgan fingerprint density at radius 2 is 1.85 bits per heavy atom. The van der Waals surface area contributed by atoms with Crippen molar-refractivity contribution in [2.45, 2.75) is 83.2 Å². The molecule has 4 N–H and O–H groups in total. The molecule has 0 radical (unpaired) electrons. The van der Waals surface area contributed by atoms with E-state index < -0.39 is 23.4 Å². The predicted octanol–water partition coefficient (Wildman–Crippen LogP) is 2.93. The third kappa shape index (κ3) is 3.02. The number of unbranched alkanes of at least 4 members (excludes halogenated alkanes) is 2. The summed E-state index contributed by atoms with van der Waals surface area (Å²) in [5.41, 5.74) is 0.185. The van der Waals surface area contributed by atoms with E-state index in [9.17, 15) is 20.4 Å². The van der Waals surface area contributed by atoms with Crippen LogP contribution in [0.3, 0.4) is 0 Å². The Balaban J connectivity index is 2.11. The fraction of sp³-hybridized carbons (Fsp3) is 0.619. The maximum Gasteiger partial charge on any atom is 0.132 e. The molecule has 1 aromatic rings. The maximum atomic E-state index is 10.8. The van der Waals surface area contributed by atoms with E-state index in [0.717, 1.165) is 31.2 Å². The second-order valence-electron chi connectivity index (χ2n) is 8.30. The van der Waals surface area contributed by atoms with Gasteiger partial charge in [0.2, 0.25) is 0 Å². The van der Waals surface area contributed by atoms with Gasteiger partial charge in [-0.1, -0.05) is 19.8 Å². The Kier molecular flexibility index (Phi) is 4.84. The minimum absolute atomic E-state index is 0.0447. The van der Waals surface area contributed by atoms with Gasteiger partial charge in [-0.05, 0) is 56.9 Å². The number of phenolic OH excluding ortho intramolecular Hbond substituents is 1. The molecule has 0 saturated heterocycles. The first-order chi connectivity index (χ1) is 12.1. The molecule has 0 spiro atoms. The number of phenols is 1. The highest BCUT2D eigenvalue weighted by atomic mass is 16.5. The van der Waals surface area contributed by atoms with Gasteiger partial charge in [-0.3, -0.25) is 0 Å². The molecule has 1 aromatic carbocycles. The number of aromatic hydroxyl groups is 1. The smallest absolute Gasteiger partial charge is 0.132 e. The molecule has 5 nitrogen and oxygen atoms in total. The standard InChI is InChI=1S/C21H30O5/c1-5-6-7-8-12-9-14(22)18-15(10-12)26-20(2,3)13-11-16(23)21(4,25)19(24)17(13)18/h9-10,16,19,22-25H,5-8,11H2,1-4H3/t16?,19-,21?/m1/s1. The van der Waals surface area contributed by atoms with Crippen molar-refractivity contribution in [3.63, 3.8) is 0 Å². The third-order valence-electron chi connectivity index (χ3n) is 5.80. The van der Waals surface area contributed by atoms with E-state index in [2.05, 4.69) is 6.92 Å². The Labute approximate surface area is 154 Å². The summed E-state index contributed by atoms with van der Waals surface area (Å²) in [6, 6.07) is 3.63. The van der Waals surface area contributed by atoms with E-state index in [-0.39, 0.29) is 12.2 Å². The van der Waals surface area contributed by atoms with Crippen LogP contribution in [0.1, 0.15) is 64.5 Å². The molecule has 0 fully saturated rings. The first-order valence-electron chi connectivity index (χ1n) is 9.47. The third-order valence-corrected chi connectivity index (χ3v) is 5.80. The Bertz CT molecular complexity index is 732. The van der Waals surface area contributed by atoms with Gasteiger partial charge in [0.25, 0.3) is 0 Å². The van der Waals surface area contributed by atoms with Crippen molar-refractivity contribution in [1.29, 1.82) is 0 Å². The summed E-state index contributed by atoms with van der Waals surface area (Å²) in [4.78, 5) is 0. The summed E-state index contributed by atoms with van der Waals surface area (Å²) in [6.45, 7) is 7.33. The molecule has 144 valence electrons. The minimum atomic E-state index is -1.68. The van der Waals surface area contributed by atoms with Gasteiger partial charge in [0.05, 0.1) is 11.7 Å². The molecule has 2 aliphatic rings. The molecule has 1 heterocycles. The number of ether oxygens (including phenoxy) is 1. The fourth-order valence-corrected chi connectivity index (χ4v) is 4.07. The van der Waals surface area contributed by atoms with Gasteiger partial charge in [-0.2, -0.15) is 0 Å². The first-order valence-corrected chi connectivity index (χ1v) is 9.47. The lowest BCUT2D eigenvalue weighted by molar-refractivity contribution is -0.123. The highest BCUT2D eigenvalue weighted by molar-refractivity contribution is 5.84. The Morgan fingerprint density at radius 1 is 1.15 bits per heavy atom. The van der Waals surface area contributed by atoms with E-state index >= 15 is 0 Å². The van der Waals surface area contributed by atoms with Crippen molar-refractivity contribution in [3.8, 4) is 11.5 Å².